The zero-order valence-corrected chi connectivity index (χ0v) is 19.8. The normalized spacial score (nSPS) is 25.5. The van der Waals surface area contributed by atoms with E-state index in [2.05, 4.69) is 37.3 Å². The molecule has 166 valence electrons. The molecule has 0 aliphatic heterocycles. The second-order valence-electron chi connectivity index (χ2n) is 9.48. The highest BCUT2D eigenvalue weighted by Crippen LogP contribution is 2.58. The average Bonchev–Trinajstić information content (AvgIpc) is 3.50. The number of rotatable bonds is 10. The Morgan fingerprint density at radius 2 is 1.50 bits per heavy atom. The Hall–Kier alpha value is -0.730. The minimum atomic E-state index is -0.327. The summed E-state index contributed by atoms with van der Waals surface area (Å²) in [6, 6.07) is 8.91. The molecule has 1 atom stereocenters. The number of hydrogen-bond donors (Lipinski definition) is 0. The van der Waals surface area contributed by atoms with Crippen molar-refractivity contribution in [1.82, 2.24) is 0 Å². The lowest BCUT2D eigenvalue weighted by atomic mass is 9.91. The van der Waals surface area contributed by atoms with Gasteiger partial charge in [0.05, 0.1) is 18.6 Å². The highest BCUT2D eigenvalue weighted by Gasteiger charge is 2.46. The van der Waals surface area contributed by atoms with Gasteiger partial charge >= 0.3 is 0 Å². The van der Waals surface area contributed by atoms with E-state index >= 15 is 0 Å². The van der Waals surface area contributed by atoms with Gasteiger partial charge in [-0.1, -0.05) is 74.4 Å². The van der Waals surface area contributed by atoms with Gasteiger partial charge in [-0.05, 0) is 43.7 Å². The van der Waals surface area contributed by atoms with Gasteiger partial charge in [0.1, 0.15) is 6.79 Å². The van der Waals surface area contributed by atoms with Crippen LogP contribution in [0.25, 0.3) is 0 Å². The van der Waals surface area contributed by atoms with Crippen molar-refractivity contribution in [3.05, 3.63) is 47.0 Å². The lowest BCUT2D eigenvalue weighted by Crippen LogP contribution is -2.24. The maximum absolute atomic E-state index is 6.86. The van der Waals surface area contributed by atoms with Crippen LogP contribution in [0.1, 0.15) is 75.3 Å². The van der Waals surface area contributed by atoms with Crippen LogP contribution in [0.5, 0.6) is 0 Å². The third-order valence-corrected chi connectivity index (χ3v) is 10.1. The van der Waals surface area contributed by atoms with Crippen LogP contribution in [-0.2, 0) is 19.4 Å². The van der Waals surface area contributed by atoms with Crippen molar-refractivity contribution in [3.8, 4) is 0 Å². The summed E-state index contributed by atoms with van der Waals surface area (Å²) in [6.07, 6.45) is 16.4. The molecular formula is C26H39O3P. The lowest BCUT2D eigenvalue weighted by molar-refractivity contribution is -0.0370. The summed E-state index contributed by atoms with van der Waals surface area (Å²) < 4.78 is 17.8. The first-order chi connectivity index (χ1) is 14.7. The monoisotopic (exact) mass is 430 g/mol. The average molecular weight is 431 g/mol. The zero-order chi connectivity index (χ0) is 20.8. The molecule has 3 aliphatic rings. The van der Waals surface area contributed by atoms with Crippen LogP contribution in [0.4, 0.5) is 0 Å². The van der Waals surface area contributed by atoms with Crippen molar-refractivity contribution in [2.45, 2.75) is 87.9 Å². The molecule has 0 bridgehead atoms. The minimum Gasteiger partial charge on any atom is -0.359 e. The van der Waals surface area contributed by atoms with Crippen LogP contribution in [0.15, 0.2) is 35.9 Å². The lowest BCUT2D eigenvalue weighted by Gasteiger charge is -2.37. The molecule has 1 unspecified atom stereocenters. The fourth-order valence-corrected chi connectivity index (χ4v) is 8.43. The van der Waals surface area contributed by atoms with Crippen LogP contribution in [0.2, 0.25) is 0 Å². The Bertz CT molecular complexity index is 671. The molecule has 3 nitrogen and oxygen atoms in total. The number of aryl methyl sites for hydroxylation is 1. The maximum atomic E-state index is 6.86. The van der Waals surface area contributed by atoms with Gasteiger partial charge in [-0.3, -0.25) is 0 Å². The van der Waals surface area contributed by atoms with Gasteiger partial charge in [0.15, 0.2) is 0 Å². The Morgan fingerprint density at radius 1 is 0.900 bits per heavy atom. The Balaban J connectivity index is 1.42. The van der Waals surface area contributed by atoms with E-state index in [1.165, 1.54) is 80.9 Å². The van der Waals surface area contributed by atoms with E-state index in [-0.39, 0.29) is 13.6 Å². The quantitative estimate of drug-likeness (QED) is 0.175. The third kappa shape index (κ3) is 5.36. The SMILES string of the molecule is COCOCC1(c2ccc(C)cc2)C=C1COP(C1CCCCC1)C1CCCCC1. The van der Waals surface area contributed by atoms with Gasteiger partial charge in [0.2, 0.25) is 0 Å². The van der Waals surface area contributed by atoms with Gasteiger partial charge in [0, 0.05) is 26.6 Å². The van der Waals surface area contributed by atoms with Crippen molar-refractivity contribution >= 4 is 8.15 Å². The number of ether oxygens (including phenoxy) is 2. The topological polar surface area (TPSA) is 27.7 Å². The summed E-state index contributed by atoms with van der Waals surface area (Å²) in [5, 5.41) is 0. The molecule has 0 N–H and O–H groups in total. The van der Waals surface area contributed by atoms with E-state index in [1.54, 1.807) is 7.11 Å². The van der Waals surface area contributed by atoms with Crippen LogP contribution < -0.4 is 0 Å². The molecule has 0 spiro atoms. The summed E-state index contributed by atoms with van der Waals surface area (Å²) in [5.41, 5.74) is 5.59. The van der Waals surface area contributed by atoms with E-state index in [9.17, 15) is 0 Å². The van der Waals surface area contributed by atoms with Crippen molar-refractivity contribution in [2.24, 2.45) is 0 Å². The minimum absolute atomic E-state index is 0.0909. The summed E-state index contributed by atoms with van der Waals surface area (Å²) >= 11 is 0. The van der Waals surface area contributed by atoms with Crippen LogP contribution >= 0.6 is 8.15 Å². The van der Waals surface area contributed by atoms with Gasteiger partial charge in [0.25, 0.3) is 0 Å². The molecular weight excluding hydrogens is 391 g/mol. The first kappa shape index (κ1) is 22.5. The van der Waals surface area contributed by atoms with E-state index in [0.717, 1.165) is 17.9 Å². The van der Waals surface area contributed by atoms with Crippen LogP contribution in [0.3, 0.4) is 0 Å². The fourth-order valence-electron chi connectivity index (χ4n) is 5.38. The largest absolute Gasteiger partial charge is 0.359 e. The molecule has 0 radical (unpaired) electrons. The number of benzene rings is 1. The van der Waals surface area contributed by atoms with Crippen molar-refractivity contribution in [3.63, 3.8) is 0 Å². The molecule has 2 fully saturated rings. The number of methoxy groups -OCH3 is 1. The van der Waals surface area contributed by atoms with Crippen LogP contribution in [0, 0.1) is 6.92 Å². The first-order valence-corrected chi connectivity index (χ1v) is 13.4. The molecule has 1 aromatic rings. The Labute approximate surface area is 184 Å². The van der Waals surface area contributed by atoms with E-state index in [1.807, 2.05) is 0 Å². The predicted molar refractivity (Wildman–Crippen MR) is 125 cm³/mol. The molecule has 30 heavy (non-hydrogen) atoms. The second-order valence-corrected chi connectivity index (χ2v) is 11.9. The van der Waals surface area contributed by atoms with Crippen molar-refractivity contribution in [2.75, 3.05) is 27.1 Å². The molecule has 2 saturated carbocycles. The summed E-state index contributed by atoms with van der Waals surface area (Å²) in [6.45, 7) is 3.91. The van der Waals surface area contributed by atoms with Crippen LogP contribution in [-0.4, -0.2) is 38.4 Å². The summed E-state index contributed by atoms with van der Waals surface area (Å²) in [7, 11) is 1.36. The molecule has 4 heteroatoms. The fraction of sp³-hybridized carbons (Fsp3) is 0.692. The zero-order valence-electron chi connectivity index (χ0n) is 18.9. The highest BCUT2D eigenvalue weighted by atomic mass is 31.1. The maximum Gasteiger partial charge on any atom is 0.146 e. The molecule has 4 rings (SSSR count). The van der Waals surface area contributed by atoms with Gasteiger partial charge in [-0.15, -0.1) is 0 Å². The molecule has 0 saturated heterocycles. The molecule has 0 heterocycles. The summed E-state index contributed by atoms with van der Waals surface area (Å²) in [5.74, 6) is 0. The highest BCUT2D eigenvalue weighted by molar-refractivity contribution is 7.54. The van der Waals surface area contributed by atoms with Crippen molar-refractivity contribution < 1.29 is 14.0 Å². The first-order valence-electron chi connectivity index (χ1n) is 12.0. The molecule has 0 aromatic heterocycles. The predicted octanol–water partition coefficient (Wildman–Crippen LogP) is 6.87. The third-order valence-electron chi connectivity index (χ3n) is 7.25. The molecule has 3 aliphatic carbocycles. The Kier molecular flexibility index (Phi) is 8.03. The van der Waals surface area contributed by atoms with E-state index < -0.39 is 0 Å². The van der Waals surface area contributed by atoms with E-state index in [4.69, 9.17) is 14.0 Å². The van der Waals surface area contributed by atoms with E-state index in [0.29, 0.717) is 13.4 Å². The molecule has 1 aromatic carbocycles. The van der Waals surface area contributed by atoms with Crippen molar-refractivity contribution in [1.29, 1.82) is 0 Å². The summed E-state index contributed by atoms with van der Waals surface area (Å²) in [4.78, 5) is 0. The van der Waals surface area contributed by atoms with Gasteiger partial charge in [-0.25, -0.2) is 0 Å². The standard InChI is InChI=1S/C26H39O3P/c1-21-13-15-22(16-14-21)26(19-28-20-27-2)17-23(26)18-29-30(24-9-5-3-6-10-24)25-11-7-4-8-12-25/h13-17,24-25H,3-12,18-20H2,1-2H3. The smallest absolute Gasteiger partial charge is 0.146 e. The molecule has 0 amide bonds. The number of hydrogen-bond acceptors (Lipinski definition) is 3. The second kappa shape index (κ2) is 10.7. The van der Waals surface area contributed by atoms with Gasteiger partial charge in [-0.2, -0.15) is 0 Å². The van der Waals surface area contributed by atoms with Gasteiger partial charge < -0.3 is 14.0 Å². The Morgan fingerprint density at radius 3 is 2.07 bits per heavy atom.